The van der Waals surface area contributed by atoms with Gasteiger partial charge in [0.15, 0.2) is 0 Å². The number of carbonyl (C=O) groups excluding carboxylic acids is 1. The quantitative estimate of drug-likeness (QED) is 0.707. The molecule has 0 aliphatic rings. The summed E-state index contributed by atoms with van der Waals surface area (Å²) in [6.07, 6.45) is 0. The maximum Gasteiger partial charge on any atom is 0.417 e. The van der Waals surface area contributed by atoms with Gasteiger partial charge < -0.3 is 4.74 Å². The Balaban J connectivity index is 2.96. The summed E-state index contributed by atoms with van der Waals surface area (Å²) in [5.41, 5.74) is 4.75. The summed E-state index contributed by atoms with van der Waals surface area (Å²) < 4.78 is 4.59. The van der Waals surface area contributed by atoms with Crippen molar-refractivity contribution in [1.29, 1.82) is 0 Å². The number of ether oxygens (including phenoxy) is 1. The minimum absolute atomic E-state index is 0.316. The van der Waals surface area contributed by atoms with Gasteiger partial charge in [-0.15, -0.1) is 0 Å². The van der Waals surface area contributed by atoms with E-state index in [1.54, 1.807) is 0 Å². The second kappa shape index (κ2) is 4.08. The van der Waals surface area contributed by atoms with Gasteiger partial charge in [0.2, 0.25) is 0 Å². The van der Waals surface area contributed by atoms with Crippen molar-refractivity contribution in [2.45, 2.75) is 27.4 Å². The summed E-state index contributed by atoms with van der Waals surface area (Å²) in [5.74, 6) is 0. The molecule has 69 valence electrons. The van der Waals surface area contributed by atoms with Crippen LogP contribution in [0.15, 0.2) is 12.1 Å². The monoisotopic (exact) mass is 177 g/mol. The molecule has 0 bridgehead atoms. The molecule has 0 saturated carbocycles. The molecule has 0 aliphatic heterocycles. The molecule has 0 spiro atoms. The average molecular weight is 177 g/mol. The van der Waals surface area contributed by atoms with Crippen LogP contribution in [0.1, 0.15) is 22.3 Å². The highest BCUT2D eigenvalue weighted by atomic mass is 16.5. The molecule has 0 saturated heterocycles. The molecule has 13 heavy (non-hydrogen) atoms. The lowest BCUT2D eigenvalue weighted by atomic mass is 9.99. The van der Waals surface area contributed by atoms with E-state index in [9.17, 15) is 4.79 Å². The van der Waals surface area contributed by atoms with Crippen LogP contribution in [0.5, 0.6) is 0 Å². The summed E-state index contributed by atoms with van der Waals surface area (Å²) >= 11 is 0. The zero-order valence-electron chi connectivity index (χ0n) is 8.18. The van der Waals surface area contributed by atoms with E-state index in [0.29, 0.717) is 6.61 Å². The van der Waals surface area contributed by atoms with Gasteiger partial charge in [0.05, 0.1) is 0 Å². The fourth-order valence-corrected chi connectivity index (χ4v) is 1.28. The molecule has 1 rings (SSSR count). The van der Waals surface area contributed by atoms with Crippen LogP contribution in [0.25, 0.3) is 0 Å². The molecule has 0 unspecified atom stereocenters. The Morgan fingerprint density at radius 1 is 1.23 bits per heavy atom. The molecule has 1 radical (unpaired) electrons. The van der Waals surface area contributed by atoms with E-state index < -0.39 is 0 Å². The van der Waals surface area contributed by atoms with Gasteiger partial charge in [-0.2, -0.15) is 0 Å². The molecule has 2 nitrogen and oxygen atoms in total. The molecule has 0 aromatic heterocycles. The minimum atomic E-state index is 0.316. The Morgan fingerprint density at radius 3 is 2.54 bits per heavy atom. The SMILES string of the molecule is Cc1ccc(CO[C]=O)c(C)c1C. The van der Waals surface area contributed by atoms with Gasteiger partial charge in [0.25, 0.3) is 0 Å². The number of benzene rings is 1. The van der Waals surface area contributed by atoms with Crippen molar-refractivity contribution < 1.29 is 9.53 Å². The lowest BCUT2D eigenvalue weighted by Gasteiger charge is -2.09. The fourth-order valence-electron chi connectivity index (χ4n) is 1.28. The Morgan fingerprint density at radius 2 is 1.92 bits per heavy atom. The van der Waals surface area contributed by atoms with Crippen LogP contribution in [-0.4, -0.2) is 6.47 Å². The van der Waals surface area contributed by atoms with Gasteiger partial charge in [-0.1, -0.05) is 12.1 Å². The molecule has 0 atom stereocenters. The summed E-state index contributed by atoms with van der Waals surface area (Å²) in [6.45, 7) is 7.91. The summed E-state index contributed by atoms with van der Waals surface area (Å²) in [6, 6.07) is 4.01. The number of hydrogen-bond acceptors (Lipinski definition) is 2. The van der Waals surface area contributed by atoms with Crippen LogP contribution < -0.4 is 0 Å². The predicted molar refractivity (Wildman–Crippen MR) is 51.1 cm³/mol. The van der Waals surface area contributed by atoms with E-state index in [4.69, 9.17) is 0 Å². The minimum Gasteiger partial charge on any atom is -0.452 e. The first-order chi connectivity index (χ1) is 6.16. The van der Waals surface area contributed by atoms with Gasteiger partial charge in [-0.3, -0.25) is 0 Å². The Bertz CT molecular complexity index is 316. The predicted octanol–water partition coefficient (Wildman–Crippen LogP) is 2.20. The van der Waals surface area contributed by atoms with Gasteiger partial charge in [0.1, 0.15) is 6.61 Å². The third-order valence-electron chi connectivity index (χ3n) is 2.46. The molecule has 0 N–H and O–H groups in total. The molecule has 0 heterocycles. The van der Waals surface area contributed by atoms with Crippen molar-refractivity contribution in [1.82, 2.24) is 0 Å². The van der Waals surface area contributed by atoms with Gasteiger partial charge in [0, 0.05) is 0 Å². The van der Waals surface area contributed by atoms with Gasteiger partial charge in [-0.05, 0) is 43.0 Å². The Kier molecular flexibility index (Phi) is 3.07. The van der Waals surface area contributed by atoms with E-state index in [-0.39, 0.29) is 0 Å². The highest BCUT2D eigenvalue weighted by Gasteiger charge is 2.03. The largest absolute Gasteiger partial charge is 0.452 e. The van der Waals surface area contributed by atoms with Crippen molar-refractivity contribution in [3.8, 4) is 0 Å². The van der Waals surface area contributed by atoms with Crippen molar-refractivity contribution in [3.63, 3.8) is 0 Å². The molecule has 0 aliphatic carbocycles. The molecule has 0 amide bonds. The van der Waals surface area contributed by atoms with E-state index in [1.165, 1.54) is 23.2 Å². The Hall–Kier alpha value is -1.31. The summed E-state index contributed by atoms with van der Waals surface area (Å²) in [5, 5.41) is 0. The molecular formula is C11H13O2. The summed E-state index contributed by atoms with van der Waals surface area (Å²) in [4.78, 5) is 9.89. The molecular weight excluding hydrogens is 164 g/mol. The maximum atomic E-state index is 9.89. The molecule has 1 aromatic rings. The average Bonchev–Trinajstić information content (AvgIpc) is 2.13. The normalized spacial score (nSPS) is 9.77. The molecule has 2 heteroatoms. The van der Waals surface area contributed by atoms with E-state index in [0.717, 1.165) is 5.56 Å². The van der Waals surface area contributed by atoms with Crippen LogP contribution in [0.4, 0.5) is 0 Å². The van der Waals surface area contributed by atoms with E-state index >= 15 is 0 Å². The fraction of sp³-hybridized carbons (Fsp3) is 0.364. The van der Waals surface area contributed by atoms with Crippen LogP contribution in [-0.2, 0) is 16.1 Å². The highest BCUT2D eigenvalue weighted by molar-refractivity contribution is 5.41. The van der Waals surface area contributed by atoms with Crippen LogP contribution in [0.3, 0.4) is 0 Å². The molecule has 1 aromatic carbocycles. The van der Waals surface area contributed by atoms with Crippen molar-refractivity contribution in [2.75, 3.05) is 0 Å². The smallest absolute Gasteiger partial charge is 0.417 e. The topological polar surface area (TPSA) is 26.3 Å². The number of aryl methyl sites for hydroxylation is 1. The van der Waals surface area contributed by atoms with Crippen molar-refractivity contribution in [3.05, 3.63) is 34.4 Å². The zero-order valence-corrected chi connectivity index (χ0v) is 8.18. The van der Waals surface area contributed by atoms with Crippen molar-refractivity contribution >= 4 is 6.47 Å². The highest BCUT2D eigenvalue weighted by Crippen LogP contribution is 2.17. The van der Waals surface area contributed by atoms with Crippen LogP contribution >= 0.6 is 0 Å². The first kappa shape index (κ1) is 9.78. The number of hydrogen-bond donors (Lipinski definition) is 0. The first-order valence-electron chi connectivity index (χ1n) is 4.21. The maximum absolute atomic E-state index is 9.89. The van der Waals surface area contributed by atoms with Crippen LogP contribution in [0.2, 0.25) is 0 Å². The third kappa shape index (κ3) is 2.08. The second-order valence-electron chi connectivity index (χ2n) is 3.16. The van der Waals surface area contributed by atoms with Crippen molar-refractivity contribution in [2.24, 2.45) is 0 Å². The third-order valence-corrected chi connectivity index (χ3v) is 2.46. The first-order valence-corrected chi connectivity index (χ1v) is 4.21. The lowest BCUT2D eigenvalue weighted by molar-refractivity contribution is 0.266. The summed E-state index contributed by atoms with van der Waals surface area (Å²) in [7, 11) is 0. The van der Waals surface area contributed by atoms with Gasteiger partial charge >= 0.3 is 6.47 Å². The zero-order chi connectivity index (χ0) is 9.84. The standard InChI is InChI=1S/C11H13O2/c1-8-4-5-11(6-13-7-12)10(3)9(8)2/h4-5H,6H2,1-3H3. The lowest BCUT2D eigenvalue weighted by Crippen LogP contribution is -1.97. The number of rotatable bonds is 3. The van der Waals surface area contributed by atoms with E-state index in [2.05, 4.69) is 18.6 Å². The van der Waals surface area contributed by atoms with Gasteiger partial charge in [-0.25, -0.2) is 4.79 Å². The van der Waals surface area contributed by atoms with E-state index in [1.807, 2.05) is 19.1 Å². The molecule has 0 fully saturated rings. The Labute approximate surface area is 78.5 Å². The van der Waals surface area contributed by atoms with Crippen LogP contribution in [0, 0.1) is 20.8 Å². The second-order valence-corrected chi connectivity index (χ2v) is 3.16.